The molecule has 4 aliphatic rings. The van der Waals surface area contributed by atoms with Crippen LogP contribution in [0.15, 0.2) is 17.1 Å². The van der Waals surface area contributed by atoms with E-state index in [0.717, 1.165) is 51.5 Å². The van der Waals surface area contributed by atoms with Gasteiger partial charge >= 0.3 is 0 Å². The van der Waals surface area contributed by atoms with Gasteiger partial charge in [-0.05, 0) is 73.6 Å². The molecular formula is C26H36N2O2. The Labute approximate surface area is 181 Å². The lowest BCUT2D eigenvalue weighted by atomic mass is 9.50. The Morgan fingerprint density at radius 3 is 2.57 bits per heavy atom. The first-order valence-corrected chi connectivity index (χ1v) is 11.8. The van der Waals surface area contributed by atoms with Crippen LogP contribution in [0.4, 0.5) is 5.69 Å². The smallest absolute Gasteiger partial charge is 0.225 e. The van der Waals surface area contributed by atoms with Crippen LogP contribution in [0.5, 0.6) is 0 Å². The summed E-state index contributed by atoms with van der Waals surface area (Å²) in [6.45, 7) is 10.2. The highest BCUT2D eigenvalue weighted by Gasteiger charge is 2.57. The summed E-state index contributed by atoms with van der Waals surface area (Å²) in [4.78, 5) is 20.7. The molecule has 5 rings (SSSR count). The van der Waals surface area contributed by atoms with Crippen molar-refractivity contribution in [2.45, 2.75) is 90.2 Å². The monoisotopic (exact) mass is 408 g/mol. The molecule has 2 bridgehead atoms. The number of carbonyl (C=O) groups excluding carboxylic acids is 1. The largest absolute Gasteiger partial charge is 0.381 e. The minimum Gasteiger partial charge on any atom is -0.381 e. The quantitative estimate of drug-likeness (QED) is 0.692. The predicted molar refractivity (Wildman–Crippen MR) is 121 cm³/mol. The van der Waals surface area contributed by atoms with Crippen molar-refractivity contribution in [1.29, 1.82) is 0 Å². The third-order valence-corrected chi connectivity index (χ3v) is 9.19. The number of hydrogen-bond donors (Lipinski definition) is 0. The van der Waals surface area contributed by atoms with Gasteiger partial charge in [-0.3, -0.25) is 9.79 Å². The van der Waals surface area contributed by atoms with Crippen LogP contribution in [0.2, 0.25) is 0 Å². The summed E-state index contributed by atoms with van der Waals surface area (Å²) < 4.78 is 5.53. The number of aliphatic imine (C=N–C) groups is 1. The molecule has 2 aliphatic carbocycles. The van der Waals surface area contributed by atoms with E-state index in [1.54, 1.807) is 7.11 Å². The average Bonchev–Trinajstić information content (AvgIpc) is 3.08. The zero-order chi connectivity index (χ0) is 21.3. The minimum atomic E-state index is 0.0449. The number of hydrogen-bond acceptors (Lipinski definition) is 3. The summed E-state index contributed by atoms with van der Waals surface area (Å²) in [5.41, 5.74) is 6.81. The number of ether oxygens (including phenoxy) is 1. The first-order chi connectivity index (χ1) is 14.2. The molecule has 1 saturated heterocycles. The SMILES string of the molecule is COC1CCC(C(=O)N2CC[C@@]3(C)c4cc5c(cc4C[C@H]2C3(C)C)CC(C)=N5)CC1. The fraction of sp³-hybridized carbons (Fsp3) is 0.692. The molecule has 0 spiro atoms. The van der Waals surface area contributed by atoms with E-state index < -0.39 is 0 Å². The summed E-state index contributed by atoms with van der Waals surface area (Å²) in [5.74, 6) is 0.572. The molecule has 1 aromatic carbocycles. The van der Waals surface area contributed by atoms with Crippen LogP contribution in [-0.2, 0) is 27.8 Å². The van der Waals surface area contributed by atoms with E-state index >= 15 is 0 Å². The van der Waals surface area contributed by atoms with Crippen molar-refractivity contribution in [3.63, 3.8) is 0 Å². The molecule has 30 heavy (non-hydrogen) atoms. The van der Waals surface area contributed by atoms with E-state index in [1.165, 1.54) is 28.1 Å². The van der Waals surface area contributed by atoms with Crippen LogP contribution >= 0.6 is 0 Å². The molecule has 0 unspecified atom stereocenters. The number of carbonyl (C=O) groups is 1. The first kappa shape index (κ1) is 20.2. The highest BCUT2D eigenvalue weighted by Crippen LogP contribution is 2.57. The lowest BCUT2D eigenvalue weighted by Crippen LogP contribution is -2.65. The van der Waals surface area contributed by atoms with Crippen LogP contribution in [0.1, 0.15) is 76.5 Å². The van der Waals surface area contributed by atoms with Gasteiger partial charge in [0.1, 0.15) is 0 Å². The van der Waals surface area contributed by atoms with Crippen molar-refractivity contribution in [1.82, 2.24) is 4.90 Å². The Morgan fingerprint density at radius 2 is 1.87 bits per heavy atom. The van der Waals surface area contributed by atoms with Gasteiger partial charge < -0.3 is 9.64 Å². The molecule has 2 heterocycles. The van der Waals surface area contributed by atoms with Crippen molar-refractivity contribution >= 4 is 17.3 Å². The maximum absolute atomic E-state index is 13.6. The summed E-state index contributed by atoms with van der Waals surface area (Å²) in [6.07, 6.45) is 7.29. The molecular weight excluding hydrogens is 372 g/mol. The summed E-state index contributed by atoms with van der Waals surface area (Å²) in [7, 11) is 1.80. The molecule has 162 valence electrons. The fourth-order valence-corrected chi connectivity index (χ4v) is 6.81. The highest BCUT2D eigenvalue weighted by atomic mass is 16.5. The number of amides is 1. The van der Waals surface area contributed by atoms with Crippen molar-refractivity contribution in [2.24, 2.45) is 16.3 Å². The second-order valence-electron chi connectivity index (χ2n) is 10.9. The number of piperidine rings is 1. The van der Waals surface area contributed by atoms with Gasteiger partial charge in [0.25, 0.3) is 0 Å². The number of nitrogens with zero attached hydrogens (tertiary/aromatic N) is 2. The second kappa shape index (κ2) is 6.91. The molecule has 2 atom stereocenters. The zero-order valence-corrected chi connectivity index (χ0v) is 19.3. The van der Waals surface area contributed by atoms with Crippen molar-refractivity contribution < 1.29 is 9.53 Å². The lowest BCUT2D eigenvalue weighted by molar-refractivity contribution is -0.150. The molecule has 4 nitrogen and oxygen atoms in total. The number of benzene rings is 1. The summed E-state index contributed by atoms with van der Waals surface area (Å²) in [6, 6.07) is 5.06. The van der Waals surface area contributed by atoms with Crippen LogP contribution in [0, 0.1) is 11.3 Å². The number of likely N-dealkylation sites (tertiary alicyclic amines) is 1. The van der Waals surface area contributed by atoms with Gasteiger partial charge in [-0.25, -0.2) is 0 Å². The Kier molecular flexibility index (Phi) is 4.66. The third kappa shape index (κ3) is 2.82. The van der Waals surface area contributed by atoms with E-state index in [1.807, 2.05) is 0 Å². The van der Waals surface area contributed by atoms with E-state index in [4.69, 9.17) is 9.73 Å². The van der Waals surface area contributed by atoms with Gasteiger partial charge in [0.05, 0.1) is 11.8 Å². The van der Waals surface area contributed by atoms with E-state index in [2.05, 4.69) is 44.7 Å². The Balaban J connectivity index is 1.46. The van der Waals surface area contributed by atoms with Crippen molar-refractivity contribution in [3.8, 4) is 0 Å². The van der Waals surface area contributed by atoms with Crippen LogP contribution < -0.4 is 0 Å². The maximum atomic E-state index is 13.6. The average molecular weight is 409 g/mol. The van der Waals surface area contributed by atoms with Gasteiger partial charge in [-0.1, -0.05) is 26.8 Å². The van der Waals surface area contributed by atoms with Gasteiger partial charge in [0, 0.05) is 43.2 Å². The highest BCUT2D eigenvalue weighted by molar-refractivity contribution is 5.92. The zero-order valence-electron chi connectivity index (χ0n) is 19.3. The predicted octanol–water partition coefficient (Wildman–Crippen LogP) is 4.98. The molecule has 0 radical (unpaired) electrons. The summed E-state index contributed by atoms with van der Waals surface area (Å²) in [5, 5.41) is 0. The van der Waals surface area contributed by atoms with Gasteiger partial charge in [0.2, 0.25) is 5.91 Å². The maximum Gasteiger partial charge on any atom is 0.225 e. The number of fused-ring (bicyclic) bond motifs is 5. The molecule has 0 aromatic heterocycles. The van der Waals surface area contributed by atoms with E-state index in [0.29, 0.717) is 12.0 Å². The van der Waals surface area contributed by atoms with Crippen LogP contribution in [0.25, 0.3) is 0 Å². The third-order valence-electron chi connectivity index (χ3n) is 9.19. The second-order valence-corrected chi connectivity index (χ2v) is 10.9. The molecule has 4 heteroatoms. The lowest BCUT2D eigenvalue weighted by Gasteiger charge is -2.61. The number of rotatable bonds is 2. The molecule has 1 aromatic rings. The van der Waals surface area contributed by atoms with Crippen molar-refractivity contribution in [2.75, 3.05) is 13.7 Å². The summed E-state index contributed by atoms with van der Waals surface area (Å²) >= 11 is 0. The topological polar surface area (TPSA) is 41.9 Å². The van der Waals surface area contributed by atoms with E-state index in [9.17, 15) is 4.79 Å². The molecule has 1 saturated carbocycles. The van der Waals surface area contributed by atoms with Crippen LogP contribution in [0.3, 0.4) is 0 Å². The standard InChI is InChI=1S/C26H36N2O2/c1-16-12-19-13-18-14-23-25(2,3)26(4,21(18)15-22(19)27-16)10-11-28(23)24(29)17-6-8-20(30-5)9-7-17/h13,15,17,20,23H,6-12,14H2,1-5H3/t17?,20?,23-,26-/m0/s1. The van der Waals surface area contributed by atoms with E-state index in [-0.39, 0.29) is 22.8 Å². The Morgan fingerprint density at radius 1 is 1.13 bits per heavy atom. The Bertz CT molecular complexity index is 910. The van der Waals surface area contributed by atoms with Crippen molar-refractivity contribution in [3.05, 3.63) is 28.8 Å². The molecule has 2 aliphatic heterocycles. The van der Waals surface area contributed by atoms with Gasteiger partial charge in [-0.15, -0.1) is 0 Å². The fourth-order valence-electron chi connectivity index (χ4n) is 6.81. The minimum absolute atomic E-state index is 0.0449. The molecule has 0 N–H and O–H groups in total. The normalized spacial score (nSPS) is 34.2. The molecule has 2 fully saturated rings. The van der Waals surface area contributed by atoms with Gasteiger partial charge in [0.15, 0.2) is 0 Å². The Hall–Kier alpha value is -1.68. The first-order valence-electron chi connectivity index (χ1n) is 11.8. The number of methoxy groups -OCH3 is 1. The molecule has 1 amide bonds. The van der Waals surface area contributed by atoms with Gasteiger partial charge in [-0.2, -0.15) is 0 Å². The van der Waals surface area contributed by atoms with Crippen LogP contribution in [-0.4, -0.2) is 42.3 Å².